The van der Waals surface area contributed by atoms with Gasteiger partial charge < -0.3 is 5.32 Å². The van der Waals surface area contributed by atoms with Crippen LogP contribution in [0.15, 0.2) is 66.0 Å². The van der Waals surface area contributed by atoms with Gasteiger partial charge in [0.25, 0.3) is 5.91 Å². The van der Waals surface area contributed by atoms with Gasteiger partial charge in [0.1, 0.15) is 5.37 Å². The number of hydrogen-bond acceptors (Lipinski definition) is 4. The highest BCUT2D eigenvalue weighted by molar-refractivity contribution is 8.00. The number of aryl methyl sites for hydroxylation is 1. The Morgan fingerprint density at radius 2 is 2.00 bits per heavy atom. The van der Waals surface area contributed by atoms with Crippen molar-refractivity contribution in [3.63, 3.8) is 0 Å². The minimum Gasteiger partial charge on any atom is -0.321 e. The van der Waals surface area contributed by atoms with E-state index in [2.05, 4.69) is 18.3 Å². The van der Waals surface area contributed by atoms with Crippen molar-refractivity contribution in [3.05, 3.63) is 82.0 Å². The lowest BCUT2D eigenvalue weighted by molar-refractivity contribution is -0.115. The molecule has 1 saturated heterocycles. The maximum absolute atomic E-state index is 12.8. The van der Waals surface area contributed by atoms with Crippen LogP contribution >= 0.6 is 23.1 Å². The molecule has 3 aromatic rings. The molecular formula is C23H22N2O2S2. The Balaban J connectivity index is 1.62. The summed E-state index contributed by atoms with van der Waals surface area (Å²) in [7, 11) is 0. The Kier molecular flexibility index (Phi) is 6.02. The third kappa shape index (κ3) is 4.23. The van der Waals surface area contributed by atoms with Crippen LogP contribution in [0.4, 0.5) is 11.4 Å². The number of carbonyl (C=O) groups excluding carboxylic acids is 2. The summed E-state index contributed by atoms with van der Waals surface area (Å²) in [5.41, 5.74) is 3.93. The van der Waals surface area contributed by atoms with Crippen LogP contribution in [0.3, 0.4) is 0 Å². The van der Waals surface area contributed by atoms with E-state index < -0.39 is 0 Å². The minimum absolute atomic E-state index is 0.0981. The van der Waals surface area contributed by atoms with Crippen LogP contribution in [-0.4, -0.2) is 17.6 Å². The Labute approximate surface area is 178 Å². The van der Waals surface area contributed by atoms with Gasteiger partial charge in [-0.1, -0.05) is 49.7 Å². The van der Waals surface area contributed by atoms with Crippen LogP contribution in [0, 0.1) is 0 Å². The van der Waals surface area contributed by atoms with Crippen LogP contribution in [-0.2, 0) is 11.2 Å². The van der Waals surface area contributed by atoms with Crippen LogP contribution in [0.25, 0.3) is 0 Å². The number of thiophene rings is 1. The van der Waals surface area contributed by atoms with Gasteiger partial charge in [-0.15, -0.1) is 23.1 Å². The average molecular weight is 423 g/mol. The number of thioether (sulfide) groups is 1. The van der Waals surface area contributed by atoms with E-state index >= 15 is 0 Å². The topological polar surface area (TPSA) is 49.4 Å². The summed E-state index contributed by atoms with van der Waals surface area (Å²) < 4.78 is 0. The molecule has 6 heteroatoms. The van der Waals surface area contributed by atoms with Crippen molar-refractivity contribution in [2.24, 2.45) is 0 Å². The highest BCUT2D eigenvalue weighted by Crippen LogP contribution is 2.43. The predicted octanol–water partition coefficient (Wildman–Crippen LogP) is 5.73. The molecule has 2 amide bonds. The number of anilines is 2. The SMILES string of the molecule is CCCc1ccccc1N1C(=O)CSC1c1cccc(NC(=O)c2cccs2)c1. The number of benzene rings is 2. The van der Waals surface area contributed by atoms with E-state index in [0.29, 0.717) is 10.6 Å². The molecule has 4 rings (SSSR count). The molecule has 1 N–H and O–H groups in total. The Morgan fingerprint density at radius 3 is 2.79 bits per heavy atom. The number of carbonyl (C=O) groups is 2. The smallest absolute Gasteiger partial charge is 0.265 e. The first-order chi connectivity index (χ1) is 14.2. The van der Waals surface area contributed by atoms with Crippen molar-refractivity contribution in [2.75, 3.05) is 16.0 Å². The molecular weight excluding hydrogens is 400 g/mol. The summed E-state index contributed by atoms with van der Waals surface area (Å²) in [6.45, 7) is 2.15. The van der Waals surface area contributed by atoms with Gasteiger partial charge in [0.2, 0.25) is 5.91 Å². The number of hydrogen-bond donors (Lipinski definition) is 1. The molecule has 1 unspecified atom stereocenters. The van der Waals surface area contributed by atoms with Crippen molar-refractivity contribution in [1.29, 1.82) is 0 Å². The van der Waals surface area contributed by atoms with Crippen LogP contribution in [0.2, 0.25) is 0 Å². The highest BCUT2D eigenvalue weighted by atomic mass is 32.2. The van der Waals surface area contributed by atoms with Gasteiger partial charge in [0.05, 0.1) is 10.6 Å². The number of nitrogens with zero attached hydrogens (tertiary/aromatic N) is 1. The predicted molar refractivity (Wildman–Crippen MR) is 122 cm³/mol. The number of rotatable bonds is 6. The zero-order valence-corrected chi connectivity index (χ0v) is 17.8. The molecule has 0 spiro atoms. The summed E-state index contributed by atoms with van der Waals surface area (Å²) in [5.74, 6) is 0.464. The largest absolute Gasteiger partial charge is 0.321 e. The van der Waals surface area contributed by atoms with Crippen molar-refractivity contribution >= 4 is 46.3 Å². The van der Waals surface area contributed by atoms with Crippen LogP contribution < -0.4 is 10.2 Å². The standard InChI is InChI=1S/C23H22N2O2S2/c1-2-7-16-8-3-4-11-19(16)25-21(26)15-29-23(25)17-9-5-10-18(14-17)24-22(27)20-12-6-13-28-20/h3-6,8-14,23H,2,7,15H2,1H3,(H,24,27). The van der Waals surface area contributed by atoms with Crippen LogP contribution in [0.5, 0.6) is 0 Å². The third-order valence-corrected chi connectivity index (χ3v) is 6.89. The number of amides is 2. The second-order valence-corrected chi connectivity index (χ2v) is 8.88. The zero-order valence-electron chi connectivity index (χ0n) is 16.1. The fourth-order valence-electron chi connectivity index (χ4n) is 3.53. The van der Waals surface area contributed by atoms with Crippen LogP contribution in [0.1, 0.15) is 39.5 Å². The molecule has 0 saturated carbocycles. The summed E-state index contributed by atoms with van der Waals surface area (Å²) in [5, 5.41) is 4.75. The molecule has 1 atom stereocenters. The molecule has 1 fully saturated rings. The Morgan fingerprint density at radius 1 is 1.14 bits per heavy atom. The molecule has 0 radical (unpaired) electrons. The lowest BCUT2D eigenvalue weighted by Crippen LogP contribution is -2.28. The van der Waals surface area contributed by atoms with Crippen molar-refractivity contribution in [2.45, 2.75) is 25.1 Å². The molecule has 0 bridgehead atoms. The minimum atomic E-state index is -0.113. The summed E-state index contributed by atoms with van der Waals surface area (Å²) in [4.78, 5) is 27.8. The van der Waals surface area contributed by atoms with E-state index in [1.807, 2.05) is 64.9 Å². The maximum Gasteiger partial charge on any atom is 0.265 e. The lowest BCUT2D eigenvalue weighted by Gasteiger charge is -2.27. The quantitative estimate of drug-likeness (QED) is 0.552. The Hall–Kier alpha value is -2.57. The van der Waals surface area contributed by atoms with Crippen molar-refractivity contribution < 1.29 is 9.59 Å². The first-order valence-electron chi connectivity index (χ1n) is 9.63. The van der Waals surface area contributed by atoms with Gasteiger partial charge >= 0.3 is 0 Å². The molecule has 148 valence electrons. The fraction of sp³-hybridized carbons (Fsp3) is 0.217. The van der Waals surface area contributed by atoms with Gasteiger partial charge in [-0.3, -0.25) is 14.5 Å². The third-order valence-electron chi connectivity index (χ3n) is 4.81. The zero-order chi connectivity index (χ0) is 20.2. The van der Waals surface area contributed by atoms with E-state index in [9.17, 15) is 9.59 Å². The van der Waals surface area contributed by atoms with E-state index in [-0.39, 0.29) is 17.2 Å². The molecule has 2 aromatic carbocycles. The molecule has 1 aromatic heterocycles. The van der Waals surface area contributed by atoms with E-state index in [1.165, 1.54) is 16.9 Å². The van der Waals surface area contributed by atoms with Gasteiger partial charge in [-0.25, -0.2) is 0 Å². The number of nitrogens with one attached hydrogen (secondary N) is 1. The number of para-hydroxylation sites is 1. The summed E-state index contributed by atoms with van der Waals surface area (Å²) in [6, 6.07) is 19.6. The lowest BCUT2D eigenvalue weighted by atomic mass is 10.1. The summed E-state index contributed by atoms with van der Waals surface area (Å²) >= 11 is 3.04. The van der Waals surface area contributed by atoms with Crippen molar-refractivity contribution in [3.8, 4) is 0 Å². The monoisotopic (exact) mass is 422 g/mol. The Bertz CT molecular complexity index is 1020. The molecule has 2 heterocycles. The van der Waals surface area contributed by atoms with E-state index in [0.717, 1.165) is 29.8 Å². The molecule has 0 aliphatic carbocycles. The highest BCUT2D eigenvalue weighted by Gasteiger charge is 2.35. The second kappa shape index (κ2) is 8.84. The van der Waals surface area contributed by atoms with E-state index in [4.69, 9.17) is 0 Å². The fourth-order valence-corrected chi connectivity index (χ4v) is 5.31. The first kappa shape index (κ1) is 19.7. The maximum atomic E-state index is 12.8. The summed E-state index contributed by atoms with van der Waals surface area (Å²) in [6.07, 6.45) is 1.97. The van der Waals surface area contributed by atoms with Gasteiger partial charge in [-0.05, 0) is 47.2 Å². The van der Waals surface area contributed by atoms with Gasteiger partial charge in [0, 0.05) is 11.4 Å². The van der Waals surface area contributed by atoms with E-state index in [1.54, 1.807) is 11.8 Å². The normalized spacial score (nSPS) is 16.2. The second-order valence-electron chi connectivity index (χ2n) is 6.86. The molecule has 29 heavy (non-hydrogen) atoms. The average Bonchev–Trinajstić information content (AvgIpc) is 3.39. The molecule has 4 nitrogen and oxygen atoms in total. The van der Waals surface area contributed by atoms with Gasteiger partial charge in [0.15, 0.2) is 0 Å². The molecule has 1 aliphatic heterocycles. The van der Waals surface area contributed by atoms with Gasteiger partial charge in [-0.2, -0.15) is 0 Å². The van der Waals surface area contributed by atoms with Crippen molar-refractivity contribution in [1.82, 2.24) is 0 Å². The molecule has 1 aliphatic rings. The first-order valence-corrected chi connectivity index (χ1v) is 11.6.